The van der Waals surface area contributed by atoms with Crippen molar-refractivity contribution >= 4 is 38.9 Å². The van der Waals surface area contributed by atoms with Crippen LogP contribution in [0, 0.1) is 0 Å². The van der Waals surface area contributed by atoms with Crippen molar-refractivity contribution in [2.24, 2.45) is 0 Å². The van der Waals surface area contributed by atoms with Crippen molar-refractivity contribution in [3.63, 3.8) is 0 Å². The van der Waals surface area contributed by atoms with E-state index in [1.807, 2.05) is 12.1 Å². The first-order valence-corrected chi connectivity index (χ1v) is 10.4. The number of para-hydroxylation sites is 2. The van der Waals surface area contributed by atoms with Crippen molar-refractivity contribution in [3.8, 4) is 0 Å². The second kappa shape index (κ2) is 7.91. The number of aromatic nitrogens is 1. The highest BCUT2D eigenvalue weighted by molar-refractivity contribution is 7.91. The number of carbonyl (C=O) groups is 2. The van der Waals surface area contributed by atoms with Crippen molar-refractivity contribution in [3.05, 3.63) is 36.2 Å². The quantitative estimate of drug-likeness (QED) is 0.540. The molecule has 1 aromatic carbocycles. The molecule has 1 aromatic heterocycles. The zero-order valence-corrected chi connectivity index (χ0v) is 15.6. The predicted molar refractivity (Wildman–Crippen MR) is 98.4 cm³/mol. The summed E-state index contributed by atoms with van der Waals surface area (Å²) in [5, 5.41) is 0. The molecular formula is C18H20N2O6S. The van der Waals surface area contributed by atoms with Crippen LogP contribution in [0.5, 0.6) is 0 Å². The monoisotopic (exact) mass is 392 g/mol. The van der Waals surface area contributed by atoms with E-state index >= 15 is 0 Å². The summed E-state index contributed by atoms with van der Waals surface area (Å²) in [5.74, 6) is -0.832. The van der Waals surface area contributed by atoms with Gasteiger partial charge < -0.3 is 14.1 Å². The van der Waals surface area contributed by atoms with Crippen molar-refractivity contribution < 1.29 is 27.2 Å². The van der Waals surface area contributed by atoms with Crippen LogP contribution in [0.3, 0.4) is 0 Å². The third kappa shape index (κ3) is 4.73. The van der Waals surface area contributed by atoms with Crippen LogP contribution in [0.1, 0.15) is 19.2 Å². The molecule has 1 aliphatic rings. The molecule has 1 atom stereocenters. The molecule has 0 radical (unpaired) electrons. The Morgan fingerprint density at radius 1 is 1.37 bits per heavy atom. The molecule has 0 saturated carbocycles. The number of hydrogen-bond donors (Lipinski definition) is 0. The van der Waals surface area contributed by atoms with E-state index in [4.69, 9.17) is 9.15 Å². The average molecular weight is 392 g/mol. The van der Waals surface area contributed by atoms with E-state index in [1.165, 1.54) is 11.0 Å². The minimum atomic E-state index is -3.10. The third-order valence-electron chi connectivity index (χ3n) is 4.32. The number of rotatable bonds is 6. The van der Waals surface area contributed by atoms with E-state index in [2.05, 4.69) is 4.98 Å². The highest BCUT2D eigenvalue weighted by Gasteiger charge is 2.34. The molecule has 1 fully saturated rings. The van der Waals surface area contributed by atoms with Gasteiger partial charge in [0.15, 0.2) is 22.0 Å². The van der Waals surface area contributed by atoms with Crippen molar-refractivity contribution in [2.45, 2.75) is 19.4 Å². The molecule has 0 spiro atoms. The fraction of sp³-hybridized carbons (Fsp3) is 0.389. The van der Waals surface area contributed by atoms with Gasteiger partial charge in [-0.15, -0.1) is 0 Å². The van der Waals surface area contributed by atoms with Crippen molar-refractivity contribution in [1.29, 1.82) is 0 Å². The van der Waals surface area contributed by atoms with Gasteiger partial charge in [-0.25, -0.2) is 18.2 Å². The zero-order valence-electron chi connectivity index (χ0n) is 14.8. The Morgan fingerprint density at radius 2 is 2.15 bits per heavy atom. The minimum absolute atomic E-state index is 0.0435. The number of esters is 1. The number of oxazole rings is 1. The van der Waals surface area contributed by atoms with Gasteiger partial charge in [0.25, 0.3) is 5.91 Å². The fourth-order valence-electron chi connectivity index (χ4n) is 3.02. The Morgan fingerprint density at radius 3 is 2.81 bits per heavy atom. The zero-order chi connectivity index (χ0) is 19.4. The molecule has 144 valence electrons. The summed E-state index contributed by atoms with van der Waals surface area (Å²) in [7, 11) is -3.10. The largest absolute Gasteiger partial charge is 0.452 e. The molecule has 0 aliphatic carbocycles. The van der Waals surface area contributed by atoms with E-state index in [-0.39, 0.29) is 23.4 Å². The number of fused-ring (bicyclic) bond motifs is 1. The molecule has 0 unspecified atom stereocenters. The highest BCUT2D eigenvalue weighted by atomic mass is 32.2. The highest BCUT2D eigenvalue weighted by Crippen LogP contribution is 2.18. The normalized spacial score (nSPS) is 18.8. The van der Waals surface area contributed by atoms with Gasteiger partial charge in [0, 0.05) is 24.7 Å². The topological polar surface area (TPSA) is 107 Å². The van der Waals surface area contributed by atoms with Gasteiger partial charge in [-0.1, -0.05) is 12.1 Å². The molecule has 1 aliphatic heterocycles. The maximum atomic E-state index is 12.3. The minimum Gasteiger partial charge on any atom is -0.452 e. The molecule has 27 heavy (non-hydrogen) atoms. The van der Waals surface area contributed by atoms with Gasteiger partial charge in [0.1, 0.15) is 5.52 Å². The molecule has 2 heterocycles. The first kappa shape index (κ1) is 19.1. The SMILES string of the molecule is CCN(C(=O)COC(=O)/C=C/c1nc2ccccc2o1)[C@@H]1CCS(=O)(=O)C1. The van der Waals surface area contributed by atoms with E-state index in [9.17, 15) is 18.0 Å². The second-order valence-corrected chi connectivity index (χ2v) is 8.43. The summed E-state index contributed by atoms with van der Waals surface area (Å²) >= 11 is 0. The van der Waals surface area contributed by atoms with E-state index in [0.717, 1.165) is 6.08 Å². The maximum absolute atomic E-state index is 12.3. The summed E-state index contributed by atoms with van der Waals surface area (Å²) in [6.07, 6.45) is 2.91. The molecule has 8 nitrogen and oxygen atoms in total. The van der Waals surface area contributed by atoms with Gasteiger partial charge in [0.05, 0.1) is 11.5 Å². The Bertz CT molecular complexity index is 946. The van der Waals surface area contributed by atoms with Crippen LogP contribution in [0.25, 0.3) is 17.2 Å². The number of carbonyl (C=O) groups excluding carboxylic acids is 2. The van der Waals surface area contributed by atoms with E-state index in [1.54, 1.807) is 19.1 Å². The first-order valence-electron chi connectivity index (χ1n) is 8.58. The maximum Gasteiger partial charge on any atom is 0.331 e. The second-order valence-electron chi connectivity index (χ2n) is 6.20. The molecule has 1 amide bonds. The number of sulfone groups is 1. The number of benzene rings is 1. The third-order valence-corrected chi connectivity index (χ3v) is 6.07. The van der Waals surface area contributed by atoms with Crippen LogP contribution in [0.4, 0.5) is 0 Å². The van der Waals surface area contributed by atoms with Gasteiger partial charge in [0.2, 0.25) is 5.89 Å². The van der Waals surface area contributed by atoms with Gasteiger partial charge in [-0.3, -0.25) is 4.79 Å². The summed E-state index contributed by atoms with van der Waals surface area (Å²) in [5.41, 5.74) is 1.27. The number of likely N-dealkylation sites (N-methyl/N-ethyl adjacent to an activating group) is 1. The number of nitrogens with zero attached hydrogens (tertiary/aromatic N) is 2. The van der Waals surface area contributed by atoms with Crippen LogP contribution in [0.15, 0.2) is 34.8 Å². The lowest BCUT2D eigenvalue weighted by atomic mass is 10.2. The molecule has 1 saturated heterocycles. The molecule has 0 bridgehead atoms. The summed E-state index contributed by atoms with van der Waals surface area (Å²) in [6, 6.07) is 6.83. The Hall–Kier alpha value is -2.68. The van der Waals surface area contributed by atoms with Crippen LogP contribution >= 0.6 is 0 Å². The standard InChI is InChI=1S/C18H20N2O6S/c1-2-20(13-9-10-27(23,24)12-13)17(21)11-25-18(22)8-7-16-19-14-5-3-4-6-15(14)26-16/h3-8,13H,2,9-12H2,1H3/b8-7+/t13-/m1/s1. The van der Waals surface area contributed by atoms with Crippen LogP contribution in [-0.4, -0.2) is 60.9 Å². The predicted octanol–water partition coefficient (Wildman–Crippen LogP) is 1.42. The molecule has 3 rings (SSSR count). The fourth-order valence-corrected chi connectivity index (χ4v) is 4.75. The van der Waals surface area contributed by atoms with E-state index in [0.29, 0.717) is 24.1 Å². The van der Waals surface area contributed by atoms with Crippen molar-refractivity contribution in [2.75, 3.05) is 24.7 Å². The molecule has 2 aromatic rings. The lowest BCUT2D eigenvalue weighted by molar-refractivity contribution is -0.149. The summed E-state index contributed by atoms with van der Waals surface area (Å²) in [4.78, 5) is 29.7. The van der Waals surface area contributed by atoms with E-state index < -0.39 is 28.3 Å². The smallest absolute Gasteiger partial charge is 0.331 e. The number of ether oxygens (including phenoxy) is 1. The Labute approximate surface area is 156 Å². The first-order chi connectivity index (χ1) is 12.9. The van der Waals surface area contributed by atoms with Gasteiger partial charge in [-0.05, 0) is 25.5 Å². The van der Waals surface area contributed by atoms with Crippen LogP contribution in [-0.2, 0) is 24.2 Å². The molecule has 0 N–H and O–H groups in total. The number of amides is 1. The van der Waals surface area contributed by atoms with Crippen LogP contribution in [0.2, 0.25) is 0 Å². The van der Waals surface area contributed by atoms with Gasteiger partial charge in [-0.2, -0.15) is 0 Å². The Kier molecular flexibility index (Phi) is 5.59. The molecule has 9 heteroatoms. The van der Waals surface area contributed by atoms with Gasteiger partial charge >= 0.3 is 5.97 Å². The average Bonchev–Trinajstić information content (AvgIpc) is 3.21. The number of hydrogen-bond acceptors (Lipinski definition) is 7. The summed E-state index contributed by atoms with van der Waals surface area (Å²) in [6.45, 7) is 1.67. The lowest BCUT2D eigenvalue weighted by Crippen LogP contribution is -2.43. The molecular weight excluding hydrogens is 372 g/mol. The Balaban J connectivity index is 1.53. The van der Waals surface area contributed by atoms with Crippen LogP contribution < -0.4 is 0 Å². The van der Waals surface area contributed by atoms with Crippen molar-refractivity contribution in [1.82, 2.24) is 9.88 Å². The lowest BCUT2D eigenvalue weighted by Gasteiger charge is -2.26. The summed E-state index contributed by atoms with van der Waals surface area (Å²) < 4.78 is 33.6.